The van der Waals surface area contributed by atoms with Crippen LogP contribution in [0, 0.1) is 5.41 Å². The number of anilines is 2. The van der Waals surface area contributed by atoms with E-state index in [0.29, 0.717) is 5.41 Å². The van der Waals surface area contributed by atoms with Gasteiger partial charge in [0.1, 0.15) is 0 Å². The van der Waals surface area contributed by atoms with E-state index in [1.54, 1.807) is 0 Å². The van der Waals surface area contributed by atoms with Crippen LogP contribution in [-0.2, 0) is 6.42 Å². The summed E-state index contributed by atoms with van der Waals surface area (Å²) in [7, 11) is 0. The molecule has 2 nitrogen and oxygen atoms in total. The molecule has 0 bridgehead atoms. The van der Waals surface area contributed by atoms with Crippen LogP contribution in [0.1, 0.15) is 19.4 Å². The molecule has 0 aliphatic carbocycles. The fourth-order valence-corrected chi connectivity index (χ4v) is 1.89. The number of nitrogens with one attached hydrogen (secondary N) is 1. The van der Waals surface area contributed by atoms with Gasteiger partial charge in [-0.25, -0.2) is 0 Å². The third kappa shape index (κ3) is 1.48. The number of para-hydroxylation sites is 1. The zero-order chi connectivity index (χ0) is 9.47. The van der Waals surface area contributed by atoms with E-state index in [2.05, 4.69) is 25.2 Å². The molecule has 13 heavy (non-hydrogen) atoms. The zero-order valence-electron chi connectivity index (χ0n) is 8.22. The SMILES string of the molecule is CC1(C)CNc2c(N)cccc2C1. The number of hydrogen-bond donors (Lipinski definition) is 2. The Balaban J connectivity index is 2.42. The van der Waals surface area contributed by atoms with Gasteiger partial charge in [0.2, 0.25) is 0 Å². The van der Waals surface area contributed by atoms with Crippen molar-refractivity contribution in [2.75, 3.05) is 17.6 Å². The normalized spacial score (nSPS) is 18.9. The Kier molecular flexibility index (Phi) is 1.72. The summed E-state index contributed by atoms with van der Waals surface area (Å²) in [6.07, 6.45) is 1.11. The summed E-state index contributed by atoms with van der Waals surface area (Å²) >= 11 is 0. The van der Waals surface area contributed by atoms with Crippen LogP contribution in [-0.4, -0.2) is 6.54 Å². The monoisotopic (exact) mass is 176 g/mol. The van der Waals surface area contributed by atoms with Crippen molar-refractivity contribution >= 4 is 11.4 Å². The number of fused-ring (bicyclic) bond motifs is 1. The first kappa shape index (κ1) is 8.42. The smallest absolute Gasteiger partial charge is 0.0606 e. The van der Waals surface area contributed by atoms with Crippen LogP contribution in [0.4, 0.5) is 11.4 Å². The number of nitrogens with two attached hydrogens (primary N) is 1. The Hall–Kier alpha value is -1.18. The largest absolute Gasteiger partial charge is 0.397 e. The van der Waals surface area contributed by atoms with Gasteiger partial charge in [-0.1, -0.05) is 26.0 Å². The van der Waals surface area contributed by atoms with Crippen LogP contribution in [0.5, 0.6) is 0 Å². The Morgan fingerprint density at radius 1 is 1.38 bits per heavy atom. The molecular formula is C11H16N2. The average molecular weight is 176 g/mol. The highest BCUT2D eigenvalue weighted by atomic mass is 14.9. The third-order valence-electron chi connectivity index (χ3n) is 2.60. The standard InChI is InChI=1S/C11H16N2/c1-11(2)6-8-4-3-5-9(12)10(8)13-7-11/h3-5,13H,6-7,12H2,1-2H3. The highest BCUT2D eigenvalue weighted by Crippen LogP contribution is 2.35. The molecule has 1 aliphatic heterocycles. The Morgan fingerprint density at radius 2 is 2.15 bits per heavy atom. The summed E-state index contributed by atoms with van der Waals surface area (Å²) in [5.41, 5.74) is 9.57. The molecule has 70 valence electrons. The summed E-state index contributed by atoms with van der Waals surface area (Å²) in [5.74, 6) is 0. The molecule has 1 aromatic rings. The van der Waals surface area contributed by atoms with Crippen LogP contribution in [0.3, 0.4) is 0 Å². The lowest BCUT2D eigenvalue weighted by atomic mass is 9.82. The van der Waals surface area contributed by atoms with E-state index in [-0.39, 0.29) is 0 Å². The molecule has 0 fully saturated rings. The molecule has 1 aliphatic rings. The van der Waals surface area contributed by atoms with Crippen molar-refractivity contribution in [3.05, 3.63) is 23.8 Å². The Labute approximate surface area is 79.1 Å². The number of rotatable bonds is 0. The predicted octanol–water partition coefficient (Wildman–Crippen LogP) is 2.26. The van der Waals surface area contributed by atoms with Crippen LogP contribution >= 0.6 is 0 Å². The van der Waals surface area contributed by atoms with E-state index in [0.717, 1.165) is 24.3 Å². The van der Waals surface area contributed by atoms with Gasteiger partial charge in [-0.15, -0.1) is 0 Å². The van der Waals surface area contributed by atoms with Crippen molar-refractivity contribution in [2.24, 2.45) is 5.41 Å². The van der Waals surface area contributed by atoms with Gasteiger partial charge in [0.05, 0.1) is 11.4 Å². The van der Waals surface area contributed by atoms with E-state index >= 15 is 0 Å². The maximum Gasteiger partial charge on any atom is 0.0606 e. The molecule has 1 heterocycles. The second-order valence-electron chi connectivity index (χ2n) is 4.58. The van der Waals surface area contributed by atoms with Gasteiger partial charge < -0.3 is 11.1 Å². The molecule has 3 N–H and O–H groups in total. The molecule has 0 amide bonds. The maximum absolute atomic E-state index is 5.87. The van der Waals surface area contributed by atoms with Crippen molar-refractivity contribution in [2.45, 2.75) is 20.3 Å². The maximum atomic E-state index is 5.87. The van der Waals surface area contributed by atoms with Gasteiger partial charge >= 0.3 is 0 Å². The third-order valence-corrected chi connectivity index (χ3v) is 2.60. The minimum atomic E-state index is 0.348. The average Bonchev–Trinajstić information content (AvgIpc) is 2.02. The van der Waals surface area contributed by atoms with Gasteiger partial charge in [0.15, 0.2) is 0 Å². The fourth-order valence-electron chi connectivity index (χ4n) is 1.89. The molecule has 0 atom stereocenters. The van der Waals surface area contributed by atoms with Gasteiger partial charge in [0.25, 0.3) is 0 Å². The second-order valence-corrected chi connectivity index (χ2v) is 4.58. The van der Waals surface area contributed by atoms with Gasteiger partial charge in [-0.2, -0.15) is 0 Å². The first-order valence-corrected chi connectivity index (χ1v) is 4.70. The van der Waals surface area contributed by atoms with Crippen molar-refractivity contribution in [1.29, 1.82) is 0 Å². The van der Waals surface area contributed by atoms with Crippen LogP contribution in [0.25, 0.3) is 0 Å². The highest BCUT2D eigenvalue weighted by molar-refractivity contribution is 5.71. The molecule has 0 aromatic heterocycles. The highest BCUT2D eigenvalue weighted by Gasteiger charge is 2.25. The molecule has 2 heteroatoms. The molecule has 0 spiro atoms. The Morgan fingerprint density at radius 3 is 2.92 bits per heavy atom. The summed E-state index contributed by atoms with van der Waals surface area (Å²) in [6, 6.07) is 6.13. The fraction of sp³-hybridized carbons (Fsp3) is 0.455. The van der Waals surface area contributed by atoms with Crippen molar-refractivity contribution in [3.8, 4) is 0 Å². The Bertz CT molecular complexity index is 329. The number of nitrogen functional groups attached to an aromatic ring is 1. The molecule has 0 unspecified atom stereocenters. The summed E-state index contributed by atoms with van der Waals surface area (Å²) < 4.78 is 0. The summed E-state index contributed by atoms with van der Waals surface area (Å²) in [6.45, 7) is 5.55. The van der Waals surface area contributed by atoms with Gasteiger partial charge in [-0.05, 0) is 23.5 Å². The van der Waals surface area contributed by atoms with Crippen LogP contribution < -0.4 is 11.1 Å². The first-order chi connectivity index (χ1) is 6.08. The van der Waals surface area contributed by atoms with E-state index < -0.39 is 0 Å². The summed E-state index contributed by atoms with van der Waals surface area (Å²) in [4.78, 5) is 0. The van der Waals surface area contributed by atoms with E-state index in [4.69, 9.17) is 5.73 Å². The molecule has 1 aromatic carbocycles. The lowest BCUT2D eigenvalue weighted by Crippen LogP contribution is -2.31. The molecule has 2 rings (SSSR count). The van der Waals surface area contributed by atoms with Crippen LogP contribution in [0.15, 0.2) is 18.2 Å². The zero-order valence-corrected chi connectivity index (χ0v) is 8.22. The van der Waals surface area contributed by atoms with Crippen molar-refractivity contribution in [3.63, 3.8) is 0 Å². The predicted molar refractivity (Wildman–Crippen MR) is 56.8 cm³/mol. The van der Waals surface area contributed by atoms with Crippen molar-refractivity contribution in [1.82, 2.24) is 0 Å². The van der Waals surface area contributed by atoms with Gasteiger partial charge in [0, 0.05) is 6.54 Å². The number of hydrogen-bond acceptors (Lipinski definition) is 2. The molecular weight excluding hydrogens is 160 g/mol. The first-order valence-electron chi connectivity index (χ1n) is 4.70. The topological polar surface area (TPSA) is 38.0 Å². The molecule has 0 radical (unpaired) electrons. The quantitative estimate of drug-likeness (QED) is 0.595. The van der Waals surface area contributed by atoms with E-state index in [1.807, 2.05) is 12.1 Å². The van der Waals surface area contributed by atoms with E-state index in [9.17, 15) is 0 Å². The van der Waals surface area contributed by atoms with Gasteiger partial charge in [-0.3, -0.25) is 0 Å². The van der Waals surface area contributed by atoms with Crippen molar-refractivity contribution < 1.29 is 0 Å². The lowest BCUT2D eigenvalue weighted by Gasteiger charge is -2.33. The minimum absolute atomic E-state index is 0.348. The van der Waals surface area contributed by atoms with Crippen LogP contribution in [0.2, 0.25) is 0 Å². The minimum Gasteiger partial charge on any atom is -0.397 e. The number of benzene rings is 1. The lowest BCUT2D eigenvalue weighted by molar-refractivity contribution is 0.379. The molecule has 0 saturated carbocycles. The summed E-state index contributed by atoms with van der Waals surface area (Å²) in [5, 5.41) is 3.40. The molecule has 0 saturated heterocycles. The van der Waals surface area contributed by atoms with E-state index in [1.165, 1.54) is 5.56 Å². The second kappa shape index (κ2) is 2.66.